The van der Waals surface area contributed by atoms with Crippen LogP contribution in [0, 0.1) is 0 Å². The third-order valence-electron chi connectivity index (χ3n) is 2.18. The number of hydrogen-bond acceptors (Lipinski definition) is 9. The van der Waals surface area contributed by atoms with E-state index in [2.05, 4.69) is 30.2 Å². The van der Waals surface area contributed by atoms with Gasteiger partial charge in [-0.25, -0.2) is 9.67 Å². The van der Waals surface area contributed by atoms with Crippen LogP contribution in [0.1, 0.15) is 0 Å². The van der Waals surface area contributed by atoms with Gasteiger partial charge < -0.3 is 14.5 Å². The zero-order valence-electron chi connectivity index (χ0n) is 10.6. The maximum atomic E-state index is 11.5. The number of aromatic nitrogens is 6. The van der Waals surface area contributed by atoms with Crippen molar-refractivity contribution in [1.82, 2.24) is 30.2 Å². The number of nitrogens with zero attached hydrogens (tertiary/aromatic N) is 5. The molecule has 1 N–H and O–H groups in total. The summed E-state index contributed by atoms with van der Waals surface area (Å²) in [6, 6.07) is 0. The van der Waals surface area contributed by atoms with Crippen molar-refractivity contribution < 1.29 is 14.3 Å². The summed E-state index contributed by atoms with van der Waals surface area (Å²) in [5, 5.41) is 11.4. The van der Waals surface area contributed by atoms with E-state index in [-0.39, 0.29) is 22.5 Å². The van der Waals surface area contributed by atoms with E-state index in [1.54, 1.807) is 0 Å². The third-order valence-corrected chi connectivity index (χ3v) is 3.13. The number of hydrogen-bond donors (Lipinski definition) is 1. The van der Waals surface area contributed by atoms with Crippen molar-refractivity contribution in [3.05, 3.63) is 16.7 Å². The van der Waals surface area contributed by atoms with Crippen LogP contribution >= 0.6 is 11.8 Å². The zero-order chi connectivity index (χ0) is 14.5. The Labute approximate surface area is 116 Å². The summed E-state index contributed by atoms with van der Waals surface area (Å²) in [6.07, 6.45) is 1.24. The normalized spacial score (nSPS) is 10.3. The molecule has 0 aliphatic rings. The van der Waals surface area contributed by atoms with Crippen molar-refractivity contribution in [3.8, 4) is 5.75 Å². The lowest BCUT2D eigenvalue weighted by molar-refractivity contribution is -0.141. The average molecular weight is 298 g/mol. The summed E-state index contributed by atoms with van der Waals surface area (Å²) in [6.45, 7) is -0.142. The summed E-state index contributed by atoms with van der Waals surface area (Å²) in [5.41, 5.74) is -0.419. The van der Waals surface area contributed by atoms with Gasteiger partial charge in [-0.05, 0) is 22.2 Å². The second-order valence-electron chi connectivity index (χ2n) is 3.37. The second-order valence-corrected chi connectivity index (χ2v) is 4.32. The van der Waals surface area contributed by atoms with E-state index in [1.807, 2.05) is 0 Å². The molecule has 0 atom stereocenters. The van der Waals surface area contributed by atoms with Crippen LogP contribution in [0.4, 0.5) is 0 Å². The first-order valence-electron chi connectivity index (χ1n) is 5.28. The predicted molar refractivity (Wildman–Crippen MR) is 65.4 cm³/mol. The number of ether oxygens (including phenoxy) is 2. The van der Waals surface area contributed by atoms with Gasteiger partial charge in [0.15, 0.2) is 5.03 Å². The van der Waals surface area contributed by atoms with Crippen LogP contribution < -0.4 is 10.3 Å². The number of tetrazole rings is 1. The molecule has 106 valence electrons. The third kappa shape index (κ3) is 2.93. The van der Waals surface area contributed by atoms with Crippen LogP contribution in [0.3, 0.4) is 0 Å². The summed E-state index contributed by atoms with van der Waals surface area (Å²) < 4.78 is 10.7. The van der Waals surface area contributed by atoms with Crippen LogP contribution in [0.25, 0.3) is 0 Å². The van der Waals surface area contributed by atoms with Crippen LogP contribution in [-0.2, 0) is 16.1 Å². The highest BCUT2D eigenvalue weighted by atomic mass is 32.2. The van der Waals surface area contributed by atoms with Crippen LogP contribution in [-0.4, -0.2) is 50.4 Å². The van der Waals surface area contributed by atoms with Crippen molar-refractivity contribution in [2.75, 3.05) is 14.2 Å². The summed E-state index contributed by atoms with van der Waals surface area (Å²) in [5.74, 6) is -0.449. The Morgan fingerprint density at radius 2 is 2.30 bits per heavy atom. The lowest BCUT2D eigenvalue weighted by Gasteiger charge is -2.05. The minimum atomic E-state index is -0.495. The average Bonchev–Trinajstić information content (AvgIpc) is 2.86. The Morgan fingerprint density at radius 3 is 3.00 bits per heavy atom. The number of nitrogens with one attached hydrogen (secondary N) is 1. The number of aromatic amines is 1. The van der Waals surface area contributed by atoms with E-state index in [0.717, 1.165) is 11.8 Å². The molecule has 0 saturated carbocycles. The van der Waals surface area contributed by atoms with E-state index in [0.29, 0.717) is 0 Å². The Kier molecular flexibility index (Phi) is 4.30. The SMILES string of the molecule is COC(=O)Cn1nnnc1Sc1nc[nH]c(=O)c1OC. The largest absolute Gasteiger partial charge is 0.489 e. The topological polar surface area (TPSA) is 125 Å². The highest BCUT2D eigenvalue weighted by Crippen LogP contribution is 2.28. The van der Waals surface area contributed by atoms with E-state index in [1.165, 1.54) is 25.2 Å². The lowest BCUT2D eigenvalue weighted by Crippen LogP contribution is -2.14. The smallest absolute Gasteiger partial charge is 0.327 e. The molecule has 0 aliphatic heterocycles. The molecule has 0 spiro atoms. The summed E-state index contributed by atoms with van der Waals surface area (Å²) in [4.78, 5) is 29.1. The molecule has 2 heterocycles. The van der Waals surface area contributed by atoms with E-state index in [9.17, 15) is 9.59 Å². The van der Waals surface area contributed by atoms with Crippen molar-refractivity contribution in [2.24, 2.45) is 0 Å². The molecule has 0 fully saturated rings. The molecule has 0 saturated heterocycles. The van der Waals surface area contributed by atoms with Crippen LogP contribution in [0.2, 0.25) is 0 Å². The molecule has 2 aromatic heterocycles. The number of esters is 1. The Bertz CT molecular complexity index is 668. The van der Waals surface area contributed by atoms with Gasteiger partial charge in [-0.15, -0.1) is 5.10 Å². The zero-order valence-corrected chi connectivity index (χ0v) is 11.4. The lowest BCUT2D eigenvalue weighted by atomic mass is 10.6. The number of carbonyl (C=O) groups is 1. The van der Waals surface area contributed by atoms with Crippen molar-refractivity contribution >= 4 is 17.7 Å². The molecule has 0 unspecified atom stereocenters. The van der Waals surface area contributed by atoms with Gasteiger partial charge in [0.1, 0.15) is 6.54 Å². The maximum Gasteiger partial charge on any atom is 0.327 e. The monoisotopic (exact) mass is 298 g/mol. The molecule has 2 rings (SSSR count). The number of methoxy groups -OCH3 is 2. The Morgan fingerprint density at radius 1 is 1.50 bits per heavy atom. The van der Waals surface area contributed by atoms with Gasteiger partial charge in [0.25, 0.3) is 5.56 Å². The highest BCUT2D eigenvalue weighted by Gasteiger charge is 2.17. The number of H-pyrrole nitrogens is 1. The minimum absolute atomic E-state index is 0.0464. The highest BCUT2D eigenvalue weighted by molar-refractivity contribution is 7.99. The van der Waals surface area contributed by atoms with Gasteiger partial charge in [-0.2, -0.15) is 0 Å². The van der Waals surface area contributed by atoms with Crippen LogP contribution in [0.15, 0.2) is 21.3 Å². The van der Waals surface area contributed by atoms with Crippen molar-refractivity contribution in [3.63, 3.8) is 0 Å². The molecule has 2 aromatic rings. The minimum Gasteiger partial charge on any atom is -0.489 e. The fourth-order valence-electron chi connectivity index (χ4n) is 1.27. The fraction of sp³-hybridized carbons (Fsp3) is 0.333. The summed E-state index contributed by atoms with van der Waals surface area (Å²) in [7, 11) is 2.62. The Balaban J connectivity index is 2.27. The molecular formula is C9H10N6O4S. The van der Waals surface area contributed by atoms with Crippen LogP contribution in [0.5, 0.6) is 5.75 Å². The molecule has 10 nitrogen and oxygen atoms in total. The quantitative estimate of drug-likeness (QED) is 0.551. The standard InChI is InChI=1S/C9H10N6O4S/c1-18-5(16)3-15-9(12-13-14-15)20-8-6(19-2)7(17)10-4-11-8/h4H,3H2,1-2H3,(H,10,11,17). The molecule has 0 amide bonds. The molecule has 0 aromatic carbocycles. The first-order chi connectivity index (χ1) is 9.65. The summed E-state index contributed by atoms with van der Waals surface area (Å²) >= 11 is 1.00. The fourth-order valence-corrected chi connectivity index (χ4v) is 2.10. The number of rotatable bonds is 5. The predicted octanol–water partition coefficient (Wildman–Crippen LogP) is -0.911. The van der Waals surface area contributed by atoms with E-state index >= 15 is 0 Å². The van der Waals surface area contributed by atoms with Gasteiger partial charge in [-0.1, -0.05) is 0 Å². The molecule has 0 bridgehead atoms. The van der Waals surface area contributed by atoms with Crippen molar-refractivity contribution in [1.29, 1.82) is 0 Å². The van der Waals surface area contributed by atoms with Gasteiger partial charge in [-0.3, -0.25) is 9.59 Å². The second kappa shape index (κ2) is 6.14. The molecule has 0 aliphatic carbocycles. The maximum absolute atomic E-state index is 11.5. The molecule has 20 heavy (non-hydrogen) atoms. The van der Waals surface area contributed by atoms with Gasteiger partial charge in [0, 0.05) is 0 Å². The van der Waals surface area contributed by atoms with Gasteiger partial charge in [0.2, 0.25) is 10.9 Å². The molecule has 11 heteroatoms. The van der Waals surface area contributed by atoms with E-state index in [4.69, 9.17) is 4.74 Å². The Hall–Kier alpha value is -2.43. The van der Waals surface area contributed by atoms with Gasteiger partial charge in [0.05, 0.1) is 20.5 Å². The van der Waals surface area contributed by atoms with Gasteiger partial charge >= 0.3 is 5.97 Å². The first-order valence-corrected chi connectivity index (χ1v) is 6.10. The molecule has 0 radical (unpaired) electrons. The first kappa shape index (κ1) is 14.0. The van der Waals surface area contributed by atoms with Crippen molar-refractivity contribution in [2.45, 2.75) is 16.7 Å². The number of carbonyl (C=O) groups excluding carboxylic acids is 1. The molecular weight excluding hydrogens is 288 g/mol. The van der Waals surface area contributed by atoms with E-state index < -0.39 is 11.5 Å².